The van der Waals surface area contributed by atoms with Gasteiger partial charge in [-0.1, -0.05) is 19.9 Å². The van der Waals surface area contributed by atoms with Gasteiger partial charge in [-0.3, -0.25) is 4.79 Å². The van der Waals surface area contributed by atoms with Crippen LogP contribution in [0.3, 0.4) is 0 Å². The number of rotatable bonds is 3. The Morgan fingerprint density at radius 3 is 2.70 bits per heavy atom. The second-order valence-electron chi connectivity index (χ2n) is 4.82. The van der Waals surface area contributed by atoms with Crippen LogP contribution < -0.4 is 11.1 Å². The largest absolute Gasteiger partial charge is 0.384 e. The SMILES string of the molecule is CC(C)c1cc(C(=O)Nc2cccc(I)c2)cc(N)n1. The van der Waals surface area contributed by atoms with Crippen molar-refractivity contribution in [1.82, 2.24) is 4.98 Å². The molecular weight excluding hydrogens is 365 g/mol. The molecule has 4 nitrogen and oxygen atoms in total. The lowest BCUT2D eigenvalue weighted by Crippen LogP contribution is -2.13. The van der Waals surface area contributed by atoms with Gasteiger partial charge in [0.15, 0.2) is 0 Å². The Bertz CT molecular complexity index is 641. The molecule has 0 unspecified atom stereocenters. The van der Waals surface area contributed by atoms with Gasteiger partial charge < -0.3 is 11.1 Å². The fourth-order valence-corrected chi connectivity index (χ4v) is 2.31. The number of nitrogens with zero attached hydrogens (tertiary/aromatic N) is 1. The molecule has 0 aliphatic heterocycles. The van der Waals surface area contributed by atoms with Crippen molar-refractivity contribution >= 4 is 40.0 Å². The maximum absolute atomic E-state index is 12.3. The number of benzene rings is 1. The number of hydrogen-bond acceptors (Lipinski definition) is 3. The molecule has 0 fully saturated rings. The van der Waals surface area contributed by atoms with Crippen LogP contribution in [0.5, 0.6) is 0 Å². The fourth-order valence-electron chi connectivity index (χ4n) is 1.77. The molecule has 0 saturated heterocycles. The molecule has 20 heavy (non-hydrogen) atoms. The van der Waals surface area contributed by atoms with E-state index in [0.717, 1.165) is 15.0 Å². The van der Waals surface area contributed by atoms with Crippen LogP contribution in [0.4, 0.5) is 11.5 Å². The normalized spacial score (nSPS) is 10.6. The number of aromatic nitrogens is 1. The van der Waals surface area contributed by atoms with Crippen molar-refractivity contribution in [3.8, 4) is 0 Å². The third-order valence-electron chi connectivity index (χ3n) is 2.80. The summed E-state index contributed by atoms with van der Waals surface area (Å²) in [7, 11) is 0. The summed E-state index contributed by atoms with van der Waals surface area (Å²) >= 11 is 2.20. The molecule has 5 heteroatoms. The molecular formula is C15H16IN3O. The Morgan fingerprint density at radius 1 is 1.30 bits per heavy atom. The maximum Gasteiger partial charge on any atom is 0.255 e. The van der Waals surface area contributed by atoms with Crippen molar-refractivity contribution in [3.05, 3.63) is 51.2 Å². The number of carbonyl (C=O) groups excluding carboxylic acids is 1. The summed E-state index contributed by atoms with van der Waals surface area (Å²) in [5.41, 5.74) is 7.87. The molecule has 1 heterocycles. The lowest BCUT2D eigenvalue weighted by atomic mass is 10.1. The Morgan fingerprint density at radius 2 is 2.05 bits per heavy atom. The number of nitrogens with one attached hydrogen (secondary N) is 1. The minimum absolute atomic E-state index is 0.178. The molecule has 0 aliphatic carbocycles. The fraction of sp³-hybridized carbons (Fsp3) is 0.200. The van der Waals surface area contributed by atoms with Crippen LogP contribution in [0, 0.1) is 3.57 Å². The standard InChI is InChI=1S/C15H16IN3O/c1-9(2)13-6-10(7-14(17)19-13)15(20)18-12-5-3-4-11(16)8-12/h3-9H,1-2H3,(H2,17,19)(H,18,20). The van der Waals surface area contributed by atoms with Crippen LogP contribution in [0.15, 0.2) is 36.4 Å². The Labute approximate surface area is 131 Å². The van der Waals surface area contributed by atoms with Gasteiger partial charge in [-0.15, -0.1) is 0 Å². The second kappa shape index (κ2) is 6.21. The first kappa shape index (κ1) is 14.8. The summed E-state index contributed by atoms with van der Waals surface area (Å²) in [6.45, 7) is 4.03. The Kier molecular flexibility index (Phi) is 4.59. The van der Waals surface area contributed by atoms with E-state index in [2.05, 4.69) is 32.9 Å². The van der Waals surface area contributed by atoms with Crippen molar-refractivity contribution in [3.63, 3.8) is 0 Å². The van der Waals surface area contributed by atoms with Crippen LogP contribution in [0.25, 0.3) is 0 Å². The van der Waals surface area contributed by atoms with Crippen LogP contribution >= 0.6 is 22.6 Å². The topological polar surface area (TPSA) is 68.0 Å². The van der Waals surface area contributed by atoms with Crippen molar-refractivity contribution < 1.29 is 4.79 Å². The number of nitrogens with two attached hydrogens (primary N) is 1. The van der Waals surface area contributed by atoms with E-state index in [0.29, 0.717) is 11.4 Å². The summed E-state index contributed by atoms with van der Waals surface area (Å²) in [4.78, 5) is 16.5. The molecule has 1 aromatic carbocycles. The molecule has 0 bridgehead atoms. The van der Waals surface area contributed by atoms with E-state index < -0.39 is 0 Å². The number of carbonyl (C=O) groups is 1. The lowest BCUT2D eigenvalue weighted by molar-refractivity contribution is 0.102. The molecule has 1 aromatic heterocycles. The summed E-state index contributed by atoms with van der Waals surface area (Å²) in [5, 5.41) is 2.87. The van der Waals surface area contributed by atoms with Gasteiger partial charge in [0.05, 0.1) is 0 Å². The van der Waals surface area contributed by atoms with Gasteiger partial charge in [0.2, 0.25) is 0 Å². The first-order valence-corrected chi connectivity index (χ1v) is 7.38. The minimum atomic E-state index is -0.178. The number of hydrogen-bond donors (Lipinski definition) is 2. The van der Waals surface area contributed by atoms with Crippen LogP contribution in [-0.2, 0) is 0 Å². The number of anilines is 2. The van der Waals surface area contributed by atoms with E-state index in [1.807, 2.05) is 38.1 Å². The molecule has 0 spiro atoms. The van der Waals surface area contributed by atoms with Crippen molar-refractivity contribution in [2.75, 3.05) is 11.1 Å². The Balaban J connectivity index is 2.25. The monoisotopic (exact) mass is 381 g/mol. The molecule has 2 rings (SSSR count). The number of nitrogen functional groups attached to an aromatic ring is 1. The van der Waals surface area contributed by atoms with Crippen LogP contribution in [0.2, 0.25) is 0 Å². The lowest BCUT2D eigenvalue weighted by Gasteiger charge is -2.10. The first-order chi connectivity index (χ1) is 9.45. The number of halogens is 1. The van der Waals surface area contributed by atoms with Crippen molar-refractivity contribution in [2.24, 2.45) is 0 Å². The number of pyridine rings is 1. The van der Waals surface area contributed by atoms with Crippen LogP contribution in [-0.4, -0.2) is 10.9 Å². The zero-order valence-electron chi connectivity index (χ0n) is 11.4. The molecule has 0 saturated carbocycles. The smallest absolute Gasteiger partial charge is 0.255 e. The van der Waals surface area contributed by atoms with E-state index >= 15 is 0 Å². The second-order valence-corrected chi connectivity index (χ2v) is 6.07. The molecule has 0 atom stereocenters. The van der Waals surface area contributed by atoms with E-state index in [1.165, 1.54) is 0 Å². The highest BCUT2D eigenvalue weighted by Gasteiger charge is 2.11. The molecule has 2 aromatic rings. The van der Waals surface area contributed by atoms with E-state index in [4.69, 9.17) is 5.73 Å². The first-order valence-electron chi connectivity index (χ1n) is 6.30. The summed E-state index contributed by atoms with van der Waals surface area (Å²) in [6, 6.07) is 11.0. The van der Waals surface area contributed by atoms with Gasteiger partial charge in [-0.2, -0.15) is 0 Å². The van der Waals surface area contributed by atoms with E-state index in [-0.39, 0.29) is 11.8 Å². The summed E-state index contributed by atoms with van der Waals surface area (Å²) in [6.07, 6.45) is 0. The molecule has 0 radical (unpaired) electrons. The zero-order chi connectivity index (χ0) is 14.7. The van der Waals surface area contributed by atoms with Gasteiger partial charge >= 0.3 is 0 Å². The van der Waals surface area contributed by atoms with Crippen molar-refractivity contribution in [1.29, 1.82) is 0 Å². The van der Waals surface area contributed by atoms with Crippen LogP contribution in [0.1, 0.15) is 35.8 Å². The highest BCUT2D eigenvalue weighted by Crippen LogP contribution is 2.18. The molecule has 3 N–H and O–H groups in total. The third-order valence-corrected chi connectivity index (χ3v) is 3.47. The van der Waals surface area contributed by atoms with E-state index in [9.17, 15) is 4.79 Å². The average molecular weight is 381 g/mol. The Hall–Kier alpha value is -1.63. The molecule has 104 valence electrons. The summed E-state index contributed by atoms with van der Waals surface area (Å²) < 4.78 is 1.07. The van der Waals surface area contributed by atoms with Crippen molar-refractivity contribution in [2.45, 2.75) is 19.8 Å². The van der Waals surface area contributed by atoms with Gasteiger partial charge in [0.1, 0.15) is 5.82 Å². The quantitative estimate of drug-likeness (QED) is 0.798. The van der Waals surface area contributed by atoms with Gasteiger partial charge in [-0.25, -0.2) is 4.98 Å². The minimum Gasteiger partial charge on any atom is -0.384 e. The predicted molar refractivity (Wildman–Crippen MR) is 89.9 cm³/mol. The van der Waals surface area contributed by atoms with Gasteiger partial charge in [-0.05, 0) is 58.8 Å². The molecule has 0 aliphatic rings. The highest BCUT2D eigenvalue weighted by atomic mass is 127. The maximum atomic E-state index is 12.3. The average Bonchev–Trinajstić information content (AvgIpc) is 2.37. The number of amides is 1. The third kappa shape index (κ3) is 3.69. The molecule has 1 amide bonds. The zero-order valence-corrected chi connectivity index (χ0v) is 13.5. The van der Waals surface area contributed by atoms with Gasteiger partial charge in [0.25, 0.3) is 5.91 Å². The highest BCUT2D eigenvalue weighted by molar-refractivity contribution is 14.1. The summed E-state index contributed by atoms with van der Waals surface area (Å²) in [5.74, 6) is 0.412. The van der Waals surface area contributed by atoms with Gasteiger partial charge in [0, 0.05) is 20.5 Å². The van der Waals surface area contributed by atoms with E-state index in [1.54, 1.807) is 12.1 Å². The predicted octanol–water partition coefficient (Wildman–Crippen LogP) is 3.64.